The van der Waals surface area contributed by atoms with Gasteiger partial charge in [0.15, 0.2) is 5.52 Å². The molecule has 15 nitrogen and oxygen atoms in total. The third kappa shape index (κ3) is 19.5. The highest BCUT2D eigenvalue weighted by molar-refractivity contribution is 7.47. The third-order valence-electron chi connectivity index (χ3n) is 8.49. The molecule has 4 N–H and O–H groups in total. The second-order valence-corrected chi connectivity index (χ2v) is 15.6. The minimum atomic E-state index is -4.41. The van der Waals surface area contributed by atoms with Crippen molar-refractivity contribution in [2.45, 2.75) is 122 Å². The first-order chi connectivity index (χ1) is 24.3. The maximum Gasteiger partial charge on any atom is 0.472 e. The van der Waals surface area contributed by atoms with E-state index >= 15 is 0 Å². The van der Waals surface area contributed by atoms with E-state index in [1.807, 2.05) is 27.2 Å². The molecule has 0 spiro atoms. The molecule has 1 amide bonds. The van der Waals surface area contributed by atoms with E-state index in [-0.39, 0.29) is 35.7 Å². The Hall–Kier alpha value is -2.94. The van der Waals surface area contributed by atoms with Crippen LogP contribution in [0.4, 0.5) is 11.4 Å². The number of benzene rings is 1. The van der Waals surface area contributed by atoms with E-state index in [1.54, 1.807) is 12.1 Å². The van der Waals surface area contributed by atoms with Crippen LogP contribution in [0.5, 0.6) is 0 Å². The van der Waals surface area contributed by atoms with Gasteiger partial charge in [-0.05, 0) is 42.1 Å². The molecule has 51 heavy (non-hydrogen) atoms. The van der Waals surface area contributed by atoms with Crippen LogP contribution in [0.2, 0.25) is 0 Å². The molecule has 0 saturated heterocycles. The number of allylic oxidation sites excluding steroid dienone is 1. The average Bonchev–Trinajstić information content (AvgIpc) is 3.56. The van der Waals surface area contributed by atoms with Crippen LogP contribution in [0.25, 0.3) is 11.0 Å². The summed E-state index contributed by atoms with van der Waals surface area (Å²) >= 11 is 0. The number of anilines is 1. The highest BCUT2D eigenvalue weighted by Crippen LogP contribution is 2.43. The highest BCUT2D eigenvalue weighted by atomic mass is 31.2. The van der Waals surface area contributed by atoms with E-state index in [2.05, 4.69) is 32.5 Å². The lowest BCUT2D eigenvalue weighted by atomic mass is 10.0. The Kier molecular flexibility index (Phi) is 21.1. The molecule has 0 aliphatic heterocycles. The fourth-order valence-electron chi connectivity index (χ4n) is 5.40. The Balaban J connectivity index is 1.78. The SMILES string of the molecule is CCCCCCCCCCCCC/C=C/[C@@H](O)[C@H](COP(=O)(O)OCC[N+](C)(C)C)NC(=O)CCCCCNc1ccc([N+](=O)[O-])c2nonc12. The second kappa shape index (κ2) is 24.3. The van der Waals surface area contributed by atoms with Gasteiger partial charge in [0.05, 0.1) is 50.5 Å². The Bertz CT molecular complexity index is 1370. The molecule has 1 aromatic carbocycles. The number of nitro groups is 1. The molecule has 1 heterocycles. The first kappa shape index (κ1) is 44.2. The zero-order chi connectivity index (χ0) is 37.5. The summed E-state index contributed by atoms with van der Waals surface area (Å²) in [6.07, 6.45) is 19.0. The summed E-state index contributed by atoms with van der Waals surface area (Å²) in [6, 6.07) is 1.95. The lowest BCUT2D eigenvalue weighted by Gasteiger charge is -2.25. The maximum atomic E-state index is 12.8. The van der Waals surface area contributed by atoms with E-state index in [1.165, 1.54) is 63.9 Å². The van der Waals surface area contributed by atoms with Crippen molar-refractivity contribution < 1.29 is 42.4 Å². The average molecular weight is 742 g/mol. The van der Waals surface area contributed by atoms with Crippen molar-refractivity contribution in [1.29, 1.82) is 0 Å². The summed E-state index contributed by atoms with van der Waals surface area (Å²) in [4.78, 5) is 33.7. The molecule has 0 aliphatic carbocycles. The van der Waals surface area contributed by atoms with Crippen LogP contribution in [0.1, 0.15) is 110 Å². The van der Waals surface area contributed by atoms with Crippen LogP contribution < -0.4 is 10.6 Å². The van der Waals surface area contributed by atoms with Crippen molar-refractivity contribution in [3.05, 3.63) is 34.4 Å². The van der Waals surface area contributed by atoms with E-state index < -0.39 is 31.5 Å². The van der Waals surface area contributed by atoms with Gasteiger partial charge in [-0.2, -0.15) is 0 Å². The smallest absolute Gasteiger partial charge is 0.387 e. The van der Waals surface area contributed by atoms with Crippen molar-refractivity contribution in [3.8, 4) is 0 Å². The number of nitrogens with one attached hydrogen (secondary N) is 2. The van der Waals surface area contributed by atoms with Gasteiger partial charge in [0.25, 0.3) is 0 Å². The first-order valence-electron chi connectivity index (χ1n) is 18.5. The fourth-order valence-corrected chi connectivity index (χ4v) is 6.13. The summed E-state index contributed by atoms with van der Waals surface area (Å²) in [7, 11) is 1.39. The van der Waals surface area contributed by atoms with Crippen LogP contribution in [0, 0.1) is 10.1 Å². The predicted octanol–water partition coefficient (Wildman–Crippen LogP) is 7.05. The normalized spacial score (nSPS) is 14.5. The number of aliphatic hydroxyl groups is 1. The Morgan fingerprint density at radius 2 is 1.61 bits per heavy atom. The molecule has 1 aromatic heterocycles. The molecule has 2 rings (SSSR count). The summed E-state index contributed by atoms with van der Waals surface area (Å²) in [6.45, 7) is 2.86. The molecule has 1 unspecified atom stereocenters. The van der Waals surface area contributed by atoms with Gasteiger partial charge in [0.2, 0.25) is 11.4 Å². The molecular formula is C35H62N6O9P+. The van der Waals surface area contributed by atoms with Crippen molar-refractivity contribution in [1.82, 2.24) is 15.6 Å². The number of hydrogen-bond acceptors (Lipinski definition) is 11. The van der Waals surface area contributed by atoms with E-state index in [4.69, 9.17) is 9.05 Å². The van der Waals surface area contributed by atoms with Gasteiger partial charge in [-0.25, -0.2) is 9.19 Å². The number of carbonyl (C=O) groups excluding carboxylic acids is 1. The molecule has 2 aromatic rings. The number of fused-ring (bicyclic) bond motifs is 1. The molecule has 0 bridgehead atoms. The van der Waals surface area contributed by atoms with Crippen molar-refractivity contribution >= 4 is 36.1 Å². The number of likely N-dealkylation sites (N-methyl/N-ethyl adjacent to an activating group) is 1. The van der Waals surface area contributed by atoms with Gasteiger partial charge >= 0.3 is 13.5 Å². The Morgan fingerprint density at radius 3 is 2.25 bits per heavy atom. The fraction of sp³-hybridized carbons (Fsp3) is 0.743. The van der Waals surface area contributed by atoms with Crippen LogP contribution in [0.3, 0.4) is 0 Å². The quantitative estimate of drug-likeness (QED) is 0.0159. The number of carbonyl (C=O) groups is 1. The van der Waals surface area contributed by atoms with Gasteiger partial charge in [0, 0.05) is 19.0 Å². The number of phosphoric ester groups is 1. The number of non-ortho nitro benzene ring substituents is 1. The standard InChI is InChI=1S/C35H61N6O9P/c1-5-6-7-8-9-10-11-12-13-14-15-16-18-21-32(42)30(28-49-51(46,47)48-27-26-41(2,3)4)37-33(43)22-19-17-20-25-36-29-23-24-31(40(44)45)35-34(29)38-50-39-35/h18,21,23-24,30,32,42H,5-17,19-20,22,25-28H2,1-4H3,(H2-,36,37,39,43,46,47)/p+1/b21-18+/t30-,32+/m0/s1. The van der Waals surface area contributed by atoms with E-state index in [9.17, 15) is 29.5 Å². The molecule has 290 valence electrons. The van der Waals surface area contributed by atoms with Gasteiger partial charge in [-0.15, -0.1) is 0 Å². The molecular weight excluding hydrogens is 679 g/mol. The molecule has 0 fully saturated rings. The minimum absolute atomic E-state index is 0.00905. The molecule has 0 aliphatic rings. The Labute approximate surface area is 302 Å². The number of aromatic nitrogens is 2. The third-order valence-corrected chi connectivity index (χ3v) is 9.47. The number of nitrogens with zero attached hydrogens (tertiary/aromatic N) is 4. The van der Waals surface area contributed by atoms with Crippen LogP contribution in [-0.4, -0.2) is 95.2 Å². The van der Waals surface area contributed by atoms with Crippen molar-refractivity contribution in [3.63, 3.8) is 0 Å². The number of quaternary nitrogens is 1. The maximum absolute atomic E-state index is 12.8. The Morgan fingerprint density at radius 1 is 0.980 bits per heavy atom. The van der Waals surface area contributed by atoms with Gasteiger partial charge < -0.3 is 25.1 Å². The largest absolute Gasteiger partial charge is 0.472 e. The van der Waals surface area contributed by atoms with Gasteiger partial charge in [-0.1, -0.05) is 89.7 Å². The molecule has 0 radical (unpaired) electrons. The zero-order valence-electron chi connectivity index (χ0n) is 31.1. The van der Waals surface area contributed by atoms with E-state index in [0.29, 0.717) is 42.5 Å². The summed E-state index contributed by atoms with van der Waals surface area (Å²) in [5.74, 6) is -0.321. The minimum Gasteiger partial charge on any atom is -0.387 e. The van der Waals surface area contributed by atoms with Crippen LogP contribution >= 0.6 is 7.82 Å². The monoisotopic (exact) mass is 741 g/mol. The van der Waals surface area contributed by atoms with Gasteiger partial charge in [0.1, 0.15) is 13.2 Å². The number of rotatable bonds is 30. The number of nitro benzene ring substituents is 1. The molecule has 16 heteroatoms. The number of unbranched alkanes of at least 4 members (excludes halogenated alkanes) is 13. The van der Waals surface area contributed by atoms with Crippen LogP contribution in [0.15, 0.2) is 28.9 Å². The van der Waals surface area contributed by atoms with Gasteiger partial charge in [-0.3, -0.25) is 24.0 Å². The number of amides is 1. The topological polar surface area (TPSA) is 199 Å². The van der Waals surface area contributed by atoms with E-state index in [0.717, 1.165) is 19.3 Å². The van der Waals surface area contributed by atoms with Crippen molar-refractivity contribution in [2.75, 3.05) is 52.8 Å². The second-order valence-electron chi connectivity index (χ2n) is 14.1. The summed E-state index contributed by atoms with van der Waals surface area (Å²) in [5, 5.41) is 35.4. The first-order valence-corrected chi connectivity index (χ1v) is 20.0. The van der Waals surface area contributed by atoms with Crippen LogP contribution in [-0.2, 0) is 18.4 Å². The summed E-state index contributed by atoms with van der Waals surface area (Å²) in [5.41, 5.74) is 0.713. The number of hydrogen-bond donors (Lipinski definition) is 4. The van der Waals surface area contributed by atoms with Crippen molar-refractivity contribution in [2.24, 2.45) is 0 Å². The predicted molar refractivity (Wildman–Crippen MR) is 198 cm³/mol. The number of aliphatic hydroxyl groups excluding tert-OH is 1. The number of phosphoric acid groups is 1. The lowest BCUT2D eigenvalue weighted by Crippen LogP contribution is -2.45. The lowest BCUT2D eigenvalue weighted by molar-refractivity contribution is -0.870. The zero-order valence-corrected chi connectivity index (χ0v) is 32.0. The molecule has 3 atom stereocenters. The molecule has 0 saturated carbocycles. The summed E-state index contributed by atoms with van der Waals surface area (Å²) < 4.78 is 28.1. The highest BCUT2D eigenvalue weighted by Gasteiger charge is 2.28.